The Kier molecular flexibility index (Phi) is 5.82. The molecule has 1 amide bonds. The molecule has 2 N–H and O–H groups in total. The van der Waals surface area contributed by atoms with Crippen molar-refractivity contribution < 1.29 is 37.0 Å². The van der Waals surface area contributed by atoms with Crippen LogP contribution in [0.3, 0.4) is 0 Å². The van der Waals surface area contributed by atoms with Crippen LogP contribution in [0.2, 0.25) is 0 Å². The lowest BCUT2D eigenvalue weighted by molar-refractivity contribution is -0.144. The minimum absolute atomic E-state index is 0.127. The number of ether oxygens (including phenoxy) is 2. The van der Waals surface area contributed by atoms with E-state index in [2.05, 4.69) is 5.32 Å². The number of para-hydroxylation sites is 1. The zero-order valence-electron chi connectivity index (χ0n) is 14.6. The second-order valence-corrected chi connectivity index (χ2v) is 5.75. The van der Waals surface area contributed by atoms with Gasteiger partial charge in [0.15, 0.2) is 36.2 Å². The molecular formula is C19H13F3N2O5. The molecule has 0 aromatic heterocycles. The van der Waals surface area contributed by atoms with Gasteiger partial charge >= 0.3 is 5.97 Å². The van der Waals surface area contributed by atoms with E-state index in [4.69, 9.17) is 9.47 Å². The number of hydrogen-bond acceptors (Lipinski definition) is 6. The van der Waals surface area contributed by atoms with E-state index < -0.39 is 53.0 Å². The molecule has 0 bridgehead atoms. The number of benzene rings is 2. The van der Waals surface area contributed by atoms with Gasteiger partial charge in [-0.05, 0) is 24.3 Å². The van der Waals surface area contributed by atoms with Gasteiger partial charge in [0, 0.05) is 5.69 Å². The second kappa shape index (κ2) is 8.46. The number of ketones is 1. The van der Waals surface area contributed by atoms with Gasteiger partial charge in [0.05, 0.1) is 5.69 Å². The Labute approximate surface area is 162 Å². The molecule has 0 spiro atoms. The van der Waals surface area contributed by atoms with Crippen molar-refractivity contribution in [2.75, 3.05) is 23.8 Å². The van der Waals surface area contributed by atoms with Crippen molar-refractivity contribution >= 4 is 29.0 Å². The van der Waals surface area contributed by atoms with Gasteiger partial charge in [-0.3, -0.25) is 9.59 Å². The molecule has 0 saturated carbocycles. The first-order chi connectivity index (χ1) is 13.9. The number of Topliss-reactive ketones (excluding diaryl/α,β-unsaturated/α-hetero) is 1. The summed E-state index contributed by atoms with van der Waals surface area (Å²) in [5, 5.41) is 4.70. The summed E-state index contributed by atoms with van der Waals surface area (Å²) in [6, 6.07) is 9.99. The lowest BCUT2D eigenvalue weighted by Crippen LogP contribution is -2.24. The van der Waals surface area contributed by atoms with Crippen LogP contribution in [-0.2, 0) is 23.9 Å². The lowest BCUT2D eigenvalue weighted by atomic mass is 10.2. The molecule has 2 aromatic carbocycles. The van der Waals surface area contributed by atoms with Crippen LogP contribution in [0.1, 0.15) is 0 Å². The number of carbonyl (C=O) groups excluding carboxylic acids is 3. The highest BCUT2D eigenvalue weighted by molar-refractivity contribution is 6.20. The molecule has 0 atom stereocenters. The number of amides is 1. The minimum atomic E-state index is -1.75. The van der Waals surface area contributed by atoms with E-state index >= 15 is 0 Å². The highest BCUT2D eigenvalue weighted by Gasteiger charge is 2.33. The smallest absolute Gasteiger partial charge is 0.347 e. The molecule has 150 valence electrons. The summed E-state index contributed by atoms with van der Waals surface area (Å²) in [6.45, 7) is -1.28. The van der Waals surface area contributed by atoms with Crippen LogP contribution in [0, 0.1) is 17.5 Å². The lowest BCUT2D eigenvalue weighted by Gasteiger charge is -2.10. The summed E-state index contributed by atoms with van der Waals surface area (Å²) in [5.74, 6) is -7.70. The van der Waals surface area contributed by atoms with Gasteiger partial charge in [-0.1, -0.05) is 18.2 Å². The molecule has 1 aliphatic rings. The Bertz CT molecular complexity index is 1010. The predicted molar refractivity (Wildman–Crippen MR) is 94.0 cm³/mol. The Hall–Kier alpha value is -3.82. The van der Waals surface area contributed by atoms with Crippen molar-refractivity contribution in [3.8, 4) is 0 Å². The van der Waals surface area contributed by atoms with E-state index in [1.165, 1.54) is 0 Å². The third kappa shape index (κ3) is 4.54. The number of hydrogen-bond donors (Lipinski definition) is 2. The fourth-order valence-corrected chi connectivity index (χ4v) is 2.38. The van der Waals surface area contributed by atoms with Crippen LogP contribution in [0.5, 0.6) is 0 Å². The minimum Gasteiger partial charge on any atom is -0.470 e. The van der Waals surface area contributed by atoms with Crippen LogP contribution >= 0.6 is 0 Å². The molecule has 7 nitrogen and oxygen atoms in total. The largest absolute Gasteiger partial charge is 0.470 e. The fourth-order valence-electron chi connectivity index (χ4n) is 2.38. The number of anilines is 2. The van der Waals surface area contributed by atoms with E-state index in [-0.39, 0.29) is 12.5 Å². The van der Waals surface area contributed by atoms with Crippen molar-refractivity contribution in [2.45, 2.75) is 0 Å². The van der Waals surface area contributed by atoms with Crippen LogP contribution in [0.4, 0.5) is 24.5 Å². The van der Waals surface area contributed by atoms with Gasteiger partial charge in [0.25, 0.3) is 5.91 Å². The standard InChI is InChI=1S/C19H13F3N2O5/c20-11-6-7-12(17(22)16(11)21)24-14(26)9-29-19(27)15-13(25)8-28-18(15)23-10-4-2-1-3-5-10/h1-7,23H,8-9H2,(H,24,26). The SMILES string of the molecule is O=C(COC(=O)C1=C(Nc2ccccc2)OCC1=O)Nc1ccc(F)c(F)c1F. The highest BCUT2D eigenvalue weighted by atomic mass is 19.2. The van der Waals surface area contributed by atoms with Gasteiger partial charge < -0.3 is 20.1 Å². The van der Waals surface area contributed by atoms with E-state index in [0.717, 1.165) is 6.07 Å². The van der Waals surface area contributed by atoms with Crippen molar-refractivity contribution in [3.63, 3.8) is 0 Å². The maximum Gasteiger partial charge on any atom is 0.347 e. The van der Waals surface area contributed by atoms with E-state index in [1.807, 2.05) is 5.32 Å². The fraction of sp³-hybridized carbons (Fsp3) is 0.105. The highest BCUT2D eigenvalue weighted by Crippen LogP contribution is 2.21. The number of rotatable bonds is 6. The zero-order chi connectivity index (χ0) is 21.0. The molecular weight excluding hydrogens is 393 g/mol. The Morgan fingerprint density at radius 2 is 1.76 bits per heavy atom. The zero-order valence-corrected chi connectivity index (χ0v) is 14.6. The average Bonchev–Trinajstić information content (AvgIpc) is 3.07. The third-order valence-corrected chi connectivity index (χ3v) is 3.73. The summed E-state index contributed by atoms with van der Waals surface area (Å²) in [7, 11) is 0. The van der Waals surface area contributed by atoms with Crippen molar-refractivity contribution in [3.05, 3.63) is 71.4 Å². The summed E-state index contributed by atoms with van der Waals surface area (Å²) in [4.78, 5) is 35.9. The quantitative estimate of drug-likeness (QED) is 0.435. The summed E-state index contributed by atoms with van der Waals surface area (Å²) < 4.78 is 49.5. The monoisotopic (exact) mass is 406 g/mol. The van der Waals surface area contributed by atoms with Gasteiger partial charge in [0.1, 0.15) is 0 Å². The number of halogens is 3. The van der Waals surface area contributed by atoms with Gasteiger partial charge in [0.2, 0.25) is 11.7 Å². The number of esters is 1. The third-order valence-electron chi connectivity index (χ3n) is 3.73. The molecule has 0 fully saturated rings. The first-order valence-corrected chi connectivity index (χ1v) is 8.19. The van der Waals surface area contributed by atoms with E-state index in [0.29, 0.717) is 11.8 Å². The Morgan fingerprint density at radius 3 is 2.48 bits per heavy atom. The number of nitrogens with one attached hydrogen (secondary N) is 2. The van der Waals surface area contributed by atoms with Crippen molar-refractivity contribution in [1.29, 1.82) is 0 Å². The van der Waals surface area contributed by atoms with Gasteiger partial charge in [-0.2, -0.15) is 0 Å². The summed E-state index contributed by atoms with van der Waals surface area (Å²) in [6.07, 6.45) is 0. The second-order valence-electron chi connectivity index (χ2n) is 5.75. The topological polar surface area (TPSA) is 93.7 Å². The van der Waals surface area contributed by atoms with Crippen molar-refractivity contribution in [1.82, 2.24) is 0 Å². The Morgan fingerprint density at radius 1 is 1.03 bits per heavy atom. The normalized spacial score (nSPS) is 13.1. The first kappa shape index (κ1) is 19.9. The van der Waals surface area contributed by atoms with Crippen LogP contribution in [0.15, 0.2) is 53.9 Å². The van der Waals surface area contributed by atoms with Gasteiger partial charge in [-0.25, -0.2) is 18.0 Å². The predicted octanol–water partition coefficient (Wildman–Crippen LogP) is 2.51. The molecule has 29 heavy (non-hydrogen) atoms. The molecule has 1 heterocycles. The first-order valence-electron chi connectivity index (χ1n) is 8.19. The molecule has 10 heteroatoms. The maximum atomic E-state index is 13.6. The van der Waals surface area contributed by atoms with Crippen LogP contribution in [0.25, 0.3) is 0 Å². The summed E-state index contributed by atoms with van der Waals surface area (Å²) in [5.41, 5.74) is -0.495. The van der Waals surface area contributed by atoms with Gasteiger partial charge in [-0.15, -0.1) is 0 Å². The average molecular weight is 406 g/mol. The molecule has 0 saturated heterocycles. The van der Waals surface area contributed by atoms with Crippen molar-refractivity contribution in [2.24, 2.45) is 0 Å². The number of carbonyl (C=O) groups is 3. The molecule has 0 radical (unpaired) electrons. The molecule has 3 rings (SSSR count). The van der Waals surface area contributed by atoms with Crippen LogP contribution < -0.4 is 10.6 Å². The van der Waals surface area contributed by atoms with E-state index in [9.17, 15) is 27.6 Å². The molecule has 2 aromatic rings. The molecule has 0 aliphatic carbocycles. The van der Waals surface area contributed by atoms with E-state index in [1.54, 1.807) is 30.3 Å². The Balaban J connectivity index is 1.64. The molecule has 1 aliphatic heterocycles. The summed E-state index contributed by atoms with van der Waals surface area (Å²) >= 11 is 0. The van der Waals surface area contributed by atoms with Crippen LogP contribution in [-0.4, -0.2) is 30.9 Å². The maximum absolute atomic E-state index is 13.6. The molecule has 0 unspecified atom stereocenters.